The standard InChI is InChI=1S/C14H10B2N2O3/c15-9-5-8(6-10(16)13(9)19)14(20)18-3-4-21-12-1-2-17-7-11(12)18/h1-2,5-7,19H,3-4H2. The van der Waals surface area contributed by atoms with Crippen LogP contribution in [-0.2, 0) is 0 Å². The second-order valence-electron chi connectivity index (χ2n) is 4.65. The van der Waals surface area contributed by atoms with E-state index >= 15 is 0 Å². The van der Waals surface area contributed by atoms with Crippen molar-refractivity contribution in [2.75, 3.05) is 18.1 Å². The van der Waals surface area contributed by atoms with Gasteiger partial charge in [-0.1, -0.05) is 23.1 Å². The summed E-state index contributed by atoms with van der Waals surface area (Å²) >= 11 is 0. The molecule has 21 heavy (non-hydrogen) atoms. The lowest BCUT2D eigenvalue weighted by Gasteiger charge is -2.29. The fraction of sp³-hybridized carbons (Fsp3) is 0.143. The Morgan fingerprint density at radius 2 is 2.05 bits per heavy atom. The topological polar surface area (TPSA) is 62.7 Å². The van der Waals surface area contributed by atoms with Gasteiger partial charge in [-0.25, -0.2) is 0 Å². The zero-order valence-electron chi connectivity index (χ0n) is 11.1. The number of ether oxygens (including phenoxy) is 1. The second kappa shape index (κ2) is 5.16. The third kappa shape index (κ3) is 2.35. The van der Waals surface area contributed by atoms with Gasteiger partial charge in [-0.3, -0.25) is 9.78 Å². The van der Waals surface area contributed by atoms with Gasteiger partial charge in [0, 0.05) is 17.8 Å². The van der Waals surface area contributed by atoms with Crippen LogP contribution in [0.25, 0.3) is 0 Å². The fourth-order valence-corrected chi connectivity index (χ4v) is 2.24. The van der Waals surface area contributed by atoms with E-state index in [4.69, 9.17) is 20.4 Å². The molecule has 7 heteroatoms. The lowest BCUT2D eigenvalue weighted by Crippen LogP contribution is -2.38. The highest BCUT2D eigenvalue weighted by molar-refractivity contribution is 6.42. The lowest BCUT2D eigenvalue weighted by molar-refractivity contribution is 0.0976. The Labute approximate surface area is 124 Å². The van der Waals surface area contributed by atoms with Crippen LogP contribution in [-0.4, -0.2) is 44.8 Å². The number of carbonyl (C=O) groups excluding carboxylic acids is 1. The van der Waals surface area contributed by atoms with E-state index < -0.39 is 0 Å². The molecular formula is C14H10B2N2O3. The molecule has 0 saturated heterocycles. The molecule has 4 radical (unpaired) electrons. The Kier molecular flexibility index (Phi) is 3.33. The van der Waals surface area contributed by atoms with Crippen molar-refractivity contribution in [3.63, 3.8) is 0 Å². The Balaban J connectivity index is 2.00. The van der Waals surface area contributed by atoms with Crippen molar-refractivity contribution >= 4 is 38.2 Å². The molecule has 100 valence electrons. The lowest BCUT2D eigenvalue weighted by atomic mass is 9.83. The van der Waals surface area contributed by atoms with Crippen LogP contribution in [0.3, 0.4) is 0 Å². The normalized spacial score (nSPS) is 13.4. The van der Waals surface area contributed by atoms with Gasteiger partial charge in [-0.05, 0) is 0 Å². The predicted molar refractivity (Wildman–Crippen MR) is 80.3 cm³/mol. The molecule has 0 unspecified atom stereocenters. The maximum atomic E-state index is 12.6. The molecule has 0 fully saturated rings. The predicted octanol–water partition coefficient (Wildman–Crippen LogP) is -0.586. The number of nitrogens with zero attached hydrogens (tertiary/aromatic N) is 2. The first-order valence-corrected chi connectivity index (χ1v) is 6.34. The molecule has 0 aliphatic carbocycles. The Hall–Kier alpha value is -2.43. The van der Waals surface area contributed by atoms with Gasteiger partial charge < -0.3 is 14.7 Å². The average Bonchev–Trinajstić information content (AvgIpc) is 2.51. The van der Waals surface area contributed by atoms with E-state index in [2.05, 4.69) is 4.98 Å². The third-order valence-electron chi connectivity index (χ3n) is 3.29. The molecule has 1 aliphatic heterocycles. The number of aromatic nitrogens is 1. The number of aromatic hydroxyl groups is 1. The molecule has 1 aromatic heterocycles. The number of anilines is 1. The summed E-state index contributed by atoms with van der Waals surface area (Å²) in [5.41, 5.74) is 1.04. The summed E-state index contributed by atoms with van der Waals surface area (Å²) in [7, 11) is 11.3. The van der Waals surface area contributed by atoms with Gasteiger partial charge in [-0.2, -0.15) is 0 Å². The first-order valence-electron chi connectivity index (χ1n) is 6.34. The van der Waals surface area contributed by atoms with E-state index in [1.54, 1.807) is 23.4 Å². The second-order valence-corrected chi connectivity index (χ2v) is 4.65. The van der Waals surface area contributed by atoms with Crippen molar-refractivity contribution < 1.29 is 14.6 Å². The summed E-state index contributed by atoms with van der Waals surface area (Å²) in [5, 5.41) is 9.58. The molecule has 0 bridgehead atoms. The van der Waals surface area contributed by atoms with E-state index in [9.17, 15) is 9.90 Å². The molecule has 2 aromatic rings. The van der Waals surface area contributed by atoms with Crippen molar-refractivity contribution in [3.8, 4) is 11.5 Å². The van der Waals surface area contributed by atoms with Crippen LogP contribution >= 0.6 is 0 Å². The van der Waals surface area contributed by atoms with E-state index in [0.29, 0.717) is 30.2 Å². The molecule has 2 heterocycles. The molecule has 0 saturated carbocycles. The smallest absolute Gasteiger partial charge is 0.258 e. The maximum absolute atomic E-state index is 12.6. The maximum Gasteiger partial charge on any atom is 0.258 e. The number of hydrogen-bond donors (Lipinski definition) is 1. The molecule has 3 rings (SSSR count). The Morgan fingerprint density at radius 1 is 1.33 bits per heavy atom. The van der Waals surface area contributed by atoms with Gasteiger partial charge >= 0.3 is 0 Å². The zero-order valence-corrected chi connectivity index (χ0v) is 11.1. The highest BCUT2D eigenvalue weighted by atomic mass is 16.5. The van der Waals surface area contributed by atoms with Crippen LogP contribution in [0, 0.1) is 0 Å². The molecule has 1 aliphatic rings. The van der Waals surface area contributed by atoms with E-state index in [1.165, 1.54) is 12.1 Å². The van der Waals surface area contributed by atoms with Gasteiger partial charge in [0.1, 0.15) is 39.5 Å². The van der Waals surface area contributed by atoms with Crippen LogP contribution in [0.5, 0.6) is 11.5 Å². The zero-order chi connectivity index (χ0) is 15.0. The van der Waals surface area contributed by atoms with Crippen molar-refractivity contribution in [1.29, 1.82) is 0 Å². The highest BCUT2D eigenvalue weighted by Crippen LogP contribution is 2.30. The quantitative estimate of drug-likeness (QED) is 0.707. The summed E-state index contributed by atoms with van der Waals surface area (Å²) < 4.78 is 5.48. The van der Waals surface area contributed by atoms with Crippen molar-refractivity contribution in [2.24, 2.45) is 0 Å². The number of hydrogen-bond acceptors (Lipinski definition) is 4. The average molecular weight is 276 g/mol. The van der Waals surface area contributed by atoms with E-state index in [0.717, 1.165) is 0 Å². The minimum atomic E-state index is -0.272. The van der Waals surface area contributed by atoms with Crippen LogP contribution in [0.2, 0.25) is 0 Å². The molecular weight excluding hydrogens is 266 g/mol. The Bertz CT molecular complexity index is 698. The largest absolute Gasteiger partial charge is 0.509 e. The summed E-state index contributed by atoms with van der Waals surface area (Å²) in [6, 6.07) is 4.51. The highest BCUT2D eigenvalue weighted by Gasteiger charge is 2.25. The molecule has 5 nitrogen and oxygen atoms in total. The Morgan fingerprint density at radius 3 is 2.76 bits per heavy atom. The van der Waals surface area contributed by atoms with E-state index in [1.807, 2.05) is 0 Å². The van der Waals surface area contributed by atoms with Gasteiger partial charge in [0.25, 0.3) is 5.91 Å². The summed E-state index contributed by atoms with van der Waals surface area (Å²) in [6.07, 6.45) is 3.17. The monoisotopic (exact) mass is 276 g/mol. The summed E-state index contributed by atoms with van der Waals surface area (Å²) in [4.78, 5) is 18.2. The molecule has 1 N–H and O–H groups in total. The minimum Gasteiger partial charge on any atom is -0.509 e. The van der Waals surface area contributed by atoms with Crippen LogP contribution in [0.1, 0.15) is 10.4 Å². The SMILES string of the molecule is [B]c1cc(C(=O)N2CCOc3ccncc32)cc([B])c1O. The first kappa shape index (κ1) is 13.5. The van der Waals surface area contributed by atoms with Crippen LogP contribution in [0.4, 0.5) is 5.69 Å². The number of pyridine rings is 1. The van der Waals surface area contributed by atoms with Crippen LogP contribution < -0.4 is 20.6 Å². The molecule has 1 aromatic carbocycles. The fourth-order valence-electron chi connectivity index (χ4n) is 2.24. The van der Waals surface area contributed by atoms with Gasteiger partial charge in [0.15, 0.2) is 0 Å². The van der Waals surface area contributed by atoms with Crippen molar-refractivity contribution in [1.82, 2.24) is 4.98 Å². The molecule has 0 atom stereocenters. The molecule has 0 spiro atoms. The van der Waals surface area contributed by atoms with Gasteiger partial charge in [0.05, 0.1) is 12.7 Å². The number of phenols is 1. The van der Waals surface area contributed by atoms with Crippen molar-refractivity contribution in [3.05, 3.63) is 36.2 Å². The van der Waals surface area contributed by atoms with Crippen LogP contribution in [0.15, 0.2) is 30.6 Å². The van der Waals surface area contributed by atoms with Gasteiger partial charge in [-0.15, -0.1) is 0 Å². The number of rotatable bonds is 1. The summed E-state index contributed by atoms with van der Waals surface area (Å²) in [6.45, 7) is 0.796. The number of carbonyl (C=O) groups is 1. The summed E-state index contributed by atoms with van der Waals surface area (Å²) in [5.74, 6) is 0.117. The minimum absolute atomic E-state index is 0.0676. The number of benzene rings is 1. The number of amides is 1. The van der Waals surface area contributed by atoms with E-state index in [-0.39, 0.29) is 22.6 Å². The third-order valence-corrected chi connectivity index (χ3v) is 3.29. The number of phenolic OH excluding ortho intramolecular Hbond substituents is 1. The number of fused-ring (bicyclic) bond motifs is 1. The van der Waals surface area contributed by atoms with Crippen molar-refractivity contribution in [2.45, 2.75) is 0 Å². The first-order chi connectivity index (χ1) is 10.1. The molecule has 1 amide bonds. The van der Waals surface area contributed by atoms with Gasteiger partial charge in [0.2, 0.25) is 0 Å².